The van der Waals surface area contributed by atoms with Crippen molar-refractivity contribution in [2.45, 2.75) is 25.0 Å². The molecule has 0 aliphatic rings. The molecule has 0 saturated carbocycles. The quantitative estimate of drug-likeness (QED) is 0.386. The van der Waals surface area contributed by atoms with Gasteiger partial charge >= 0.3 is 5.97 Å². The molecule has 0 fully saturated rings. The fourth-order valence-corrected chi connectivity index (χ4v) is 0.646. The van der Waals surface area contributed by atoms with Crippen LogP contribution in [0.5, 0.6) is 0 Å². The van der Waals surface area contributed by atoms with Gasteiger partial charge in [-0.1, -0.05) is 0 Å². The first-order valence-electron chi connectivity index (χ1n) is 3.45. The molecule has 0 spiro atoms. The van der Waals surface area contributed by atoms with E-state index in [0.717, 1.165) is 0 Å². The Hall–Kier alpha value is -0.0700. The predicted octanol–water partition coefficient (Wildman–Crippen LogP) is -0.309. The van der Waals surface area contributed by atoms with E-state index in [9.17, 15) is 4.79 Å². The van der Waals surface area contributed by atoms with Crippen molar-refractivity contribution >= 4 is 30.8 Å². The summed E-state index contributed by atoms with van der Waals surface area (Å²) < 4.78 is 0. The lowest BCUT2D eigenvalue weighted by molar-refractivity contribution is -0.158. The second-order valence-electron chi connectivity index (χ2n) is 2.48. The van der Waals surface area contributed by atoms with Crippen LogP contribution in [0.1, 0.15) is 19.3 Å². The van der Waals surface area contributed by atoms with Gasteiger partial charge in [0.15, 0.2) is 0 Å². The number of aliphatic hydroxyl groups is 1. The van der Waals surface area contributed by atoms with E-state index in [-0.39, 0.29) is 31.2 Å². The van der Waals surface area contributed by atoms with E-state index in [4.69, 9.17) is 21.7 Å². The summed E-state index contributed by atoms with van der Waals surface area (Å²) in [6, 6.07) is 0. The van der Waals surface area contributed by atoms with Crippen LogP contribution in [0.4, 0.5) is 0 Å². The number of unbranched alkanes of at least 4 members (excludes halogenated alkanes) is 1. The molecular weight excluding hydrogens is 219 g/mol. The van der Waals surface area contributed by atoms with Gasteiger partial charge in [-0.2, -0.15) is 0 Å². The second kappa shape index (κ2) is 8.52. The summed E-state index contributed by atoms with van der Waals surface area (Å²) >= 11 is 0. The minimum atomic E-state index is -2.09. The highest BCUT2D eigenvalue weighted by Crippen LogP contribution is 2.07. The molecule has 0 bridgehead atoms. The molecule has 0 saturated heterocycles. The molecule has 0 heterocycles. The van der Waals surface area contributed by atoms with Gasteiger partial charge in [0.05, 0.1) is 0 Å². The van der Waals surface area contributed by atoms with E-state index in [1.807, 2.05) is 0 Å². The number of aliphatic carboxylic acids is 1. The third-order valence-corrected chi connectivity index (χ3v) is 1.38. The number of hydrogen-bond donors (Lipinski definition) is 4. The van der Waals surface area contributed by atoms with Crippen LogP contribution >= 0.6 is 24.8 Å². The molecule has 0 rings (SSSR count). The van der Waals surface area contributed by atoms with Crippen LogP contribution in [-0.2, 0) is 4.79 Å². The Morgan fingerprint density at radius 2 is 1.77 bits per heavy atom. The number of carboxylic acids is 1. The average molecular weight is 235 g/mol. The van der Waals surface area contributed by atoms with Gasteiger partial charge in [0, 0.05) is 6.42 Å². The molecular formula is C6H16Cl2N2O3. The highest BCUT2D eigenvalue weighted by atomic mass is 35.5. The van der Waals surface area contributed by atoms with Crippen molar-refractivity contribution < 1.29 is 15.0 Å². The highest BCUT2D eigenvalue weighted by Gasteiger charge is 2.29. The van der Waals surface area contributed by atoms with Crippen LogP contribution < -0.4 is 11.5 Å². The lowest BCUT2D eigenvalue weighted by Gasteiger charge is -2.16. The maximum Gasteiger partial charge on any atom is 0.350 e. The van der Waals surface area contributed by atoms with E-state index < -0.39 is 11.7 Å². The second-order valence-corrected chi connectivity index (χ2v) is 2.48. The summed E-state index contributed by atoms with van der Waals surface area (Å²) in [4.78, 5) is 10.2. The van der Waals surface area contributed by atoms with Crippen molar-refractivity contribution in [1.82, 2.24) is 0 Å². The van der Waals surface area contributed by atoms with Gasteiger partial charge in [-0.25, -0.2) is 4.79 Å². The zero-order chi connectivity index (χ0) is 8.91. The summed E-state index contributed by atoms with van der Waals surface area (Å²) in [5.74, 6) is -1.39. The van der Waals surface area contributed by atoms with Crippen molar-refractivity contribution in [2.24, 2.45) is 11.5 Å². The van der Waals surface area contributed by atoms with Crippen LogP contribution in [0.15, 0.2) is 0 Å². The lowest BCUT2D eigenvalue weighted by atomic mass is 10.1. The van der Waals surface area contributed by atoms with Crippen LogP contribution in [0, 0.1) is 0 Å². The molecule has 82 valence electrons. The summed E-state index contributed by atoms with van der Waals surface area (Å²) in [6.07, 6.45) is 1.24. The fourth-order valence-electron chi connectivity index (χ4n) is 0.646. The monoisotopic (exact) mass is 234 g/mol. The average Bonchev–Trinajstić information content (AvgIpc) is 1.88. The zero-order valence-electron chi connectivity index (χ0n) is 7.10. The van der Waals surface area contributed by atoms with Crippen LogP contribution in [0.25, 0.3) is 0 Å². The Bertz CT molecular complexity index is 144. The van der Waals surface area contributed by atoms with E-state index in [1.54, 1.807) is 0 Å². The van der Waals surface area contributed by atoms with E-state index >= 15 is 0 Å². The molecule has 1 atom stereocenters. The zero-order valence-corrected chi connectivity index (χ0v) is 8.74. The van der Waals surface area contributed by atoms with Crippen LogP contribution in [0.2, 0.25) is 0 Å². The van der Waals surface area contributed by atoms with Crippen molar-refractivity contribution in [2.75, 3.05) is 6.54 Å². The molecule has 0 aliphatic heterocycles. The molecule has 5 nitrogen and oxygen atoms in total. The molecule has 0 radical (unpaired) electrons. The van der Waals surface area contributed by atoms with E-state index in [0.29, 0.717) is 19.4 Å². The normalized spacial score (nSPS) is 13.5. The van der Waals surface area contributed by atoms with Crippen molar-refractivity contribution in [3.8, 4) is 0 Å². The lowest BCUT2D eigenvalue weighted by Crippen LogP contribution is -2.47. The van der Waals surface area contributed by atoms with Crippen LogP contribution in [-0.4, -0.2) is 28.5 Å². The molecule has 7 heteroatoms. The van der Waals surface area contributed by atoms with E-state index in [2.05, 4.69) is 0 Å². The van der Waals surface area contributed by atoms with Gasteiger partial charge in [-0.05, 0) is 19.4 Å². The minimum absolute atomic E-state index is 0. The Labute approximate surface area is 89.3 Å². The maximum atomic E-state index is 10.2. The summed E-state index contributed by atoms with van der Waals surface area (Å²) in [6.45, 7) is 0.482. The number of nitrogens with two attached hydrogens (primary N) is 2. The smallest absolute Gasteiger partial charge is 0.350 e. The first-order chi connectivity index (χ1) is 5.00. The third kappa shape index (κ3) is 8.27. The largest absolute Gasteiger partial charge is 0.478 e. The number of hydrogen-bond acceptors (Lipinski definition) is 4. The third-order valence-electron chi connectivity index (χ3n) is 1.38. The molecule has 0 unspecified atom stereocenters. The van der Waals surface area contributed by atoms with Crippen molar-refractivity contribution in [1.29, 1.82) is 0 Å². The molecule has 6 N–H and O–H groups in total. The van der Waals surface area contributed by atoms with E-state index in [1.165, 1.54) is 0 Å². The Morgan fingerprint density at radius 3 is 2.08 bits per heavy atom. The Kier molecular flexibility index (Phi) is 12.2. The first-order valence-corrected chi connectivity index (χ1v) is 3.45. The van der Waals surface area contributed by atoms with Gasteiger partial charge < -0.3 is 15.9 Å². The molecule has 0 aliphatic carbocycles. The van der Waals surface area contributed by atoms with Crippen molar-refractivity contribution in [3.05, 3.63) is 0 Å². The highest BCUT2D eigenvalue weighted by molar-refractivity contribution is 5.85. The summed E-state index contributed by atoms with van der Waals surface area (Å²) in [5.41, 5.74) is 8.09. The van der Waals surface area contributed by atoms with Crippen LogP contribution in [0.3, 0.4) is 0 Å². The molecule has 0 aromatic carbocycles. The van der Waals surface area contributed by atoms with Gasteiger partial charge in [-0.15, -0.1) is 24.8 Å². The Balaban J connectivity index is -0.000000500. The maximum absolute atomic E-state index is 10.2. The van der Waals surface area contributed by atoms with Crippen molar-refractivity contribution in [3.63, 3.8) is 0 Å². The molecule has 0 aromatic heterocycles. The predicted molar refractivity (Wildman–Crippen MR) is 54.2 cm³/mol. The topological polar surface area (TPSA) is 110 Å². The number of carboxylic acid groups (broad SMARTS) is 1. The summed E-state index contributed by atoms with van der Waals surface area (Å²) in [7, 11) is 0. The number of halogens is 2. The van der Waals surface area contributed by atoms with Gasteiger partial charge in [0.2, 0.25) is 5.72 Å². The molecule has 0 amide bonds. The van der Waals surface area contributed by atoms with Gasteiger partial charge in [-0.3, -0.25) is 5.73 Å². The number of carbonyl (C=O) groups is 1. The Morgan fingerprint density at radius 1 is 1.31 bits per heavy atom. The first kappa shape index (κ1) is 18.7. The summed E-state index contributed by atoms with van der Waals surface area (Å²) in [5, 5.41) is 17.3. The standard InChI is InChI=1S/C6H14N2O3.2ClH/c7-4-2-1-3-6(8,11)5(9)10;;/h11H,1-4,7-8H2,(H,9,10);2*1H/t6-;;/m0../s1. The SMILES string of the molecule is Cl.Cl.NCCCC[C@](N)(O)C(=O)O. The molecule has 13 heavy (non-hydrogen) atoms. The minimum Gasteiger partial charge on any atom is -0.478 e. The van der Waals surface area contributed by atoms with Gasteiger partial charge in [0.1, 0.15) is 0 Å². The van der Waals surface area contributed by atoms with Gasteiger partial charge in [0.25, 0.3) is 0 Å². The fraction of sp³-hybridized carbons (Fsp3) is 0.833. The number of rotatable bonds is 5. The molecule has 0 aromatic rings.